The highest BCUT2D eigenvalue weighted by atomic mass is 15.0. The molecule has 0 saturated carbocycles. The number of hydrogen-bond donors (Lipinski definition) is 0. The third kappa shape index (κ3) is 5.76. The van der Waals surface area contributed by atoms with Gasteiger partial charge in [-0.2, -0.15) is 0 Å². The van der Waals surface area contributed by atoms with Gasteiger partial charge in [0.05, 0.1) is 28.1 Å². The van der Waals surface area contributed by atoms with Crippen molar-refractivity contribution in [1.82, 2.24) is 14.5 Å². The zero-order valence-electron chi connectivity index (χ0n) is 31.0. The van der Waals surface area contributed by atoms with Crippen molar-refractivity contribution < 1.29 is 0 Å². The summed E-state index contributed by atoms with van der Waals surface area (Å²) >= 11 is 0. The average Bonchev–Trinajstić information content (AvgIpc) is 3.61. The van der Waals surface area contributed by atoms with Crippen molar-refractivity contribution in [2.45, 2.75) is 0 Å². The van der Waals surface area contributed by atoms with Gasteiger partial charge in [-0.05, 0) is 80.9 Å². The van der Waals surface area contributed by atoms with E-state index in [0.29, 0.717) is 5.82 Å². The number of para-hydroxylation sites is 1. The molecule has 0 spiro atoms. The zero-order chi connectivity index (χ0) is 37.7. The molecule has 11 rings (SSSR count). The summed E-state index contributed by atoms with van der Waals surface area (Å²) in [5, 5.41) is 7.19. The van der Waals surface area contributed by atoms with Crippen LogP contribution in [0.15, 0.2) is 212 Å². The highest BCUT2D eigenvalue weighted by molar-refractivity contribution is 6.15. The van der Waals surface area contributed by atoms with Crippen molar-refractivity contribution in [3.05, 3.63) is 212 Å². The van der Waals surface area contributed by atoms with Gasteiger partial charge in [0.25, 0.3) is 0 Å². The van der Waals surface area contributed by atoms with Crippen molar-refractivity contribution in [3.63, 3.8) is 0 Å². The first-order valence-corrected chi connectivity index (χ1v) is 19.4. The molecule has 0 aliphatic rings. The highest BCUT2D eigenvalue weighted by Crippen LogP contribution is 2.40. The summed E-state index contributed by atoms with van der Waals surface area (Å²) < 4.78 is 2.42. The molecule has 0 amide bonds. The molecule has 2 aromatic heterocycles. The van der Waals surface area contributed by atoms with E-state index in [4.69, 9.17) is 9.97 Å². The minimum atomic E-state index is 0.694. The number of hydrogen-bond acceptors (Lipinski definition) is 2. The van der Waals surface area contributed by atoms with Crippen LogP contribution in [-0.2, 0) is 0 Å². The van der Waals surface area contributed by atoms with E-state index in [1.165, 1.54) is 43.7 Å². The van der Waals surface area contributed by atoms with Crippen molar-refractivity contribution in [1.29, 1.82) is 0 Å². The van der Waals surface area contributed by atoms with Gasteiger partial charge in [0.15, 0.2) is 5.82 Å². The van der Waals surface area contributed by atoms with Crippen LogP contribution in [-0.4, -0.2) is 14.5 Å². The van der Waals surface area contributed by atoms with Crippen LogP contribution in [0.5, 0.6) is 0 Å². The summed E-state index contributed by atoms with van der Waals surface area (Å²) in [4.78, 5) is 10.6. The maximum Gasteiger partial charge on any atom is 0.161 e. The third-order valence-corrected chi connectivity index (χ3v) is 11.2. The fraction of sp³-hybridized carbons (Fsp3) is 0. The highest BCUT2D eigenvalue weighted by Gasteiger charge is 2.19. The summed E-state index contributed by atoms with van der Waals surface area (Å²) in [7, 11) is 0. The van der Waals surface area contributed by atoms with E-state index in [-0.39, 0.29) is 0 Å². The van der Waals surface area contributed by atoms with Gasteiger partial charge >= 0.3 is 0 Å². The molecule has 57 heavy (non-hydrogen) atoms. The number of benzene rings is 9. The Bertz CT molecular complexity index is 3270. The number of fused-ring (bicyclic) bond motifs is 5. The van der Waals surface area contributed by atoms with Crippen molar-refractivity contribution in [2.75, 3.05) is 0 Å². The van der Waals surface area contributed by atoms with Crippen molar-refractivity contribution in [3.8, 4) is 61.8 Å². The van der Waals surface area contributed by atoms with E-state index in [0.717, 1.165) is 55.7 Å². The fourth-order valence-electron chi connectivity index (χ4n) is 8.40. The predicted octanol–water partition coefficient (Wildman–Crippen LogP) is 14.2. The minimum Gasteiger partial charge on any atom is -0.309 e. The van der Waals surface area contributed by atoms with E-state index < -0.39 is 0 Å². The Morgan fingerprint density at radius 1 is 0.298 bits per heavy atom. The van der Waals surface area contributed by atoms with E-state index in [1.807, 2.05) is 6.07 Å². The Balaban J connectivity index is 1.07. The van der Waals surface area contributed by atoms with Crippen LogP contribution in [0.25, 0.3) is 105 Å². The van der Waals surface area contributed by atoms with Crippen molar-refractivity contribution in [2.24, 2.45) is 0 Å². The molecule has 0 fully saturated rings. The Hall–Kier alpha value is -7.62. The lowest BCUT2D eigenvalue weighted by Crippen LogP contribution is -1.99. The Labute approximate surface area is 330 Å². The van der Waals surface area contributed by atoms with Crippen LogP contribution in [0.1, 0.15) is 0 Å². The molecule has 0 saturated heterocycles. The maximum atomic E-state index is 5.35. The first-order valence-electron chi connectivity index (χ1n) is 19.4. The van der Waals surface area contributed by atoms with Crippen LogP contribution in [0.2, 0.25) is 0 Å². The van der Waals surface area contributed by atoms with Crippen LogP contribution in [0, 0.1) is 0 Å². The van der Waals surface area contributed by atoms with E-state index >= 15 is 0 Å². The molecule has 0 aliphatic carbocycles. The standard InChI is InChI=1S/C54H35N3/c1-3-14-36(15-4-1)37-26-28-38(29-27-37)40-20-13-21-43(32-40)50-35-49(39-16-5-2-6-17-39)55-54(56-50)47-30-31-52(45-23-10-9-22-44(45)47)57-51-25-12-11-24-46(51)48-33-41-18-7-8-19-42(41)34-53(48)57/h1-35H. The second kappa shape index (κ2) is 13.6. The molecule has 11 aromatic rings. The third-order valence-electron chi connectivity index (χ3n) is 11.2. The Morgan fingerprint density at radius 2 is 0.842 bits per heavy atom. The lowest BCUT2D eigenvalue weighted by molar-refractivity contribution is 1.18. The molecule has 0 atom stereocenters. The Morgan fingerprint density at radius 3 is 1.60 bits per heavy atom. The number of rotatable bonds is 6. The smallest absolute Gasteiger partial charge is 0.161 e. The predicted molar refractivity (Wildman–Crippen MR) is 239 cm³/mol. The van der Waals surface area contributed by atoms with Gasteiger partial charge in [-0.15, -0.1) is 0 Å². The molecule has 3 nitrogen and oxygen atoms in total. The van der Waals surface area contributed by atoms with Gasteiger partial charge in [0.1, 0.15) is 0 Å². The first-order chi connectivity index (χ1) is 28.2. The average molecular weight is 726 g/mol. The first kappa shape index (κ1) is 32.8. The van der Waals surface area contributed by atoms with E-state index in [1.54, 1.807) is 0 Å². The van der Waals surface area contributed by atoms with Crippen LogP contribution in [0.4, 0.5) is 0 Å². The zero-order valence-corrected chi connectivity index (χ0v) is 31.0. The minimum absolute atomic E-state index is 0.694. The summed E-state index contributed by atoms with van der Waals surface area (Å²) in [6.07, 6.45) is 0. The van der Waals surface area contributed by atoms with Gasteiger partial charge in [-0.25, -0.2) is 9.97 Å². The topological polar surface area (TPSA) is 30.7 Å². The molecule has 0 unspecified atom stereocenters. The summed E-state index contributed by atoms with van der Waals surface area (Å²) in [5.41, 5.74) is 13.1. The van der Waals surface area contributed by atoms with Crippen LogP contribution >= 0.6 is 0 Å². The molecular formula is C54H35N3. The SMILES string of the molecule is c1ccc(-c2ccc(-c3cccc(-c4cc(-c5ccccc5)nc(-c5ccc(-n6c7ccccc7c7cc8ccccc8cc76)c6ccccc56)n4)c3)cc2)cc1. The van der Waals surface area contributed by atoms with Crippen LogP contribution < -0.4 is 0 Å². The van der Waals surface area contributed by atoms with Gasteiger partial charge in [0, 0.05) is 32.8 Å². The summed E-state index contributed by atoms with van der Waals surface area (Å²) in [5.74, 6) is 0.694. The second-order valence-corrected chi connectivity index (χ2v) is 14.6. The maximum absolute atomic E-state index is 5.35. The molecule has 2 heterocycles. The molecule has 9 aromatic carbocycles. The molecule has 0 bridgehead atoms. The second-order valence-electron chi connectivity index (χ2n) is 14.6. The van der Waals surface area contributed by atoms with Gasteiger partial charge in [-0.1, -0.05) is 170 Å². The quantitative estimate of drug-likeness (QED) is 0.171. The van der Waals surface area contributed by atoms with Crippen molar-refractivity contribution >= 4 is 43.4 Å². The van der Waals surface area contributed by atoms with E-state index in [2.05, 4.69) is 211 Å². The molecule has 0 N–H and O–H groups in total. The lowest BCUT2D eigenvalue weighted by atomic mass is 9.98. The summed E-state index contributed by atoms with van der Waals surface area (Å²) in [6, 6.07) is 75.7. The summed E-state index contributed by atoms with van der Waals surface area (Å²) in [6.45, 7) is 0. The van der Waals surface area contributed by atoms with Gasteiger partial charge < -0.3 is 4.57 Å². The Kier molecular flexibility index (Phi) is 7.82. The van der Waals surface area contributed by atoms with Crippen LogP contribution in [0.3, 0.4) is 0 Å². The number of aromatic nitrogens is 3. The largest absolute Gasteiger partial charge is 0.309 e. The lowest BCUT2D eigenvalue weighted by Gasteiger charge is -2.16. The molecule has 3 heteroatoms. The molecule has 0 radical (unpaired) electrons. The monoisotopic (exact) mass is 725 g/mol. The van der Waals surface area contributed by atoms with Gasteiger partial charge in [0.2, 0.25) is 0 Å². The molecule has 266 valence electrons. The van der Waals surface area contributed by atoms with E-state index in [9.17, 15) is 0 Å². The number of nitrogens with zero attached hydrogens (tertiary/aromatic N) is 3. The van der Waals surface area contributed by atoms with Gasteiger partial charge in [-0.3, -0.25) is 0 Å². The normalized spacial score (nSPS) is 11.5. The molecular weight excluding hydrogens is 691 g/mol. The molecule has 0 aliphatic heterocycles. The fourth-order valence-corrected chi connectivity index (χ4v) is 8.40.